The zero-order valence-corrected chi connectivity index (χ0v) is 16.2. The van der Waals surface area contributed by atoms with Crippen molar-refractivity contribution in [2.24, 2.45) is 0 Å². The van der Waals surface area contributed by atoms with E-state index in [1.807, 2.05) is 55.5 Å². The number of para-hydroxylation sites is 2. The third kappa shape index (κ3) is 3.64. The molecule has 0 aliphatic carbocycles. The molecule has 0 atom stereocenters. The first-order valence-corrected chi connectivity index (χ1v) is 9.46. The summed E-state index contributed by atoms with van der Waals surface area (Å²) in [5, 5.41) is 7.63. The van der Waals surface area contributed by atoms with Gasteiger partial charge in [0.2, 0.25) is 0 Å². The van der Waals surface area contributed by atoms with Crippen molar-refractivity contribution in [2.75, 3.05) is 11.9 Å². The number of anilines is 1. The van der Waals surface area contributed by atoms with Crippen molar-refractivity contribution in [3.63, 3.8) is 0 Å². The van der Waals surface area contributed by atoms with Gasteiger partial charge in [0.1, 0.15) is 10.8 Å². The Labute approximate surface area is 167 Å². The number of hydrogen-bond donors (Lipinski definition) is 1. The maximum atomic E-state index is 12.5. The Bertz CT molecular complexity index is 1170. The van der Waals surface area contributed by atoms with Gasteiger partial charge in [-0.3, -0.25) is 4.79 Å². The number of fused-ring (bicyclic) bond motifs is 1. The Balaban J connectivity index is 1.47. The fraction of sp³-hybridized carbons (Fsp3) is 0.190. The molecule has 4 aromatic rings. The van der Waals surface area contributed by atoms with Crippen LogP contribution in [0.1, 0.15) is 11.4 Å². The lowest BCUT2D eigenvalue weighted by Crippen LogP contribution is -2.25. The summed E-state index contributed by atoms with van der Waals surface area (Å²) in [5.74, 6) is 0.950. The van der Waals surface area contributed by atoms with E-state index in [9.17, 15) is 4.79 Å². The van der Waals surface area contributed by atoms with Crippen LogP contribution in [0.15, 0.2) is 65.6 Å². The Morgan fingerprint density at radius 2 is 1.82 bits per heavy atom. The second-order valence-electron chi connectivity index (χ2n) is 6.55. The molecule has 142 valence electrons. The quantitative estimate of drug-likeness (QED) is 0.542. The van der Waals surface area contributed by atoms with E-state index in [4.69, 9.17) is 11.6 Å². The molecule has 1 N–H and O–H groups in total. The van der Waals surface area contributed by atoms with Gasteiger partial charge in [-0.15, -0.1) is 0 Å². The highest BCUT2D eigenvalue weighted by Gasteiger charge is 2.10. The lowest BCUT2D eigenvalue weighted by Gasteiger charge is -2.12. The Morgan fingerprint density at radius 1 is 1.07 bits per heavy atom. The number of halogens is 1. The molecular formula is C21H20ClN5O. The monoisotopic (exact) mass is 393 g/mol. The van der Waals surface area contributed by atoms with Gasteiger partial charge in [0.15, 0.2) is 0 Å². The maximum Gasteiger partial charge on any atom is 0.287 e. The normalized spacial score (nSPS) is 11.1. The van der Waals surface area contributed by atoms with E-state index < -0.39 is 0 Å². The first kappa shape index (κ1) is 18.3. The van der Waals surface area contributed by atoms with Crippen molar-refractivity contribution in [1.29, 1.82) is 0 Å². The third-order valence-corrected chi connectivity index (χ3v) is 5.02. The molecule has 0 bridgehead atoms. The highest BCUT2D eigenvalue weighted by Crippen LogP contribution is 2.17. The number of benzene rings is 2. The molecule has 0 amide bonds. The van der Waals surface area contributed by atoms with Gasteiger partial charge in [-0.25, -0.2) is 9.67 Å². The molecule has 6 nitrogen and oxygen atoms in total. The second kappa shape index (κ2) is 7.86. The largest absolute Gasteiger partial charge is 0.381 e. The second-order valence-corrected chi connectivity index (χ2v) is 6.92. The maximum absolute atomic E-state index is 12.5. The number of hydrogen-bond acceptors (Lipinski definition) is 4. The summed E-state index contributed by atoms with van der Waals surface area (Å²) >= 11 is 6.30. The van der Waals surface area contributed by atoms with E-state index in [0.29, 0.717) is 25.3 Å². The van der Waals surface area contributed by atoms with E-state index in [1.165, 1.54) is 4.68 Å². The molecule has 0 aliphatic rings. The summed E-state index contributed by atoms with van der Waals surface area (Å²) in [7, 11) is 0. The van der Waals surface area contributed by atoms with Crippen LogP contribution in [0.4, 0.5) is 5.69 Å². The third-order valence-electron chi connectivity index (χ3n) is 4.66. The Kier molecular flexibility index (Phi) is 5.12. The van der Waals surface area contributed by atoms with Crippen molar-refractivity contribution in [3.8, 4) is 0 Å². The van der Waals surface area contributed by atoms with Crippen LogP contribution in [-0.2, 0) is 13.1 Å². The summed E-state index contributed by atoms with van der Waals surface area (Å²) in [4.78, 5) is 17.1. The fourth-order valence-corrected chi connectivity index (χ4v) is 3.45. The van der Waals surface area contributed by atoms with Crippen molar-refractivity contribution in [1.82, 2.24) is 19.3 Å². The van der Waals surface area contributed by atoms with Crippen LogP contribution in [0.25, 0.3) is 11.0 Å². The SMILES string of the molecule is Cc1nc2ccccc2n1CCNc1cnn(Cc2ccccc2)c(=O)c1Cl. The Hall–Kier alpha value is -3.12. The zero-order valence-electron chi connectivity index (χ0n) is 15.5. The standard InChI is InChI=1S/C21H20ClN5O/c1-15-25-17-9-5-6-10-19(17)26(15)12-11-23-18-13-24-27(21(28)20(18)22)14-16-7-3-2-4-8-16/h2-10,13,23H,11-12,14H2,1H3. The molecule has 0 spiro atoms. The molecule has 0 fully saturated rings. The van der Waals surface area contributed by atoms with E-state index in [0.717, 1.165) is 22.4 Å². The topological polar surface area (TPSA) is 64.7 Å². The van der Waals surface area contributed by atoms with Gasteiger partial charge in [-0.05, 0) is 24.6 Å². The number of rotatable bonds is 6. The molecule has 0 radical (unpaired) electrons. The number of nitrogens with one attached hydrogen (secondary N) is 1. The van der Waals surface area contributed by atoms with Gasteiger partial charge in [0.05, 0.1) is 29.5 Å². The lowest BCUT2D eigenvalue weighted by atomic mass is 10.2. The number of aryl methyl sites for hydroxylation is 1. The average Bonchev–Trinajstić information content (AvgIpc) is 3.03. The van der Waals surface area contributed by atoms with Crippen molar-refractivity contribution < 1.29 is 0 Å². The summed E-state index contributed by atoms with van der Waals surface area (Å²) in [6.07, 6.45) is 1.60. The smallest absolute Gasteiger partial charge is 0.287 e. The molecule has 0 aliphatic heterocycles. The summed E-state index contributed by atoms with van der Waals surface area (Å²) in [6, 6.07) is 17.7. The van der Waals surface area contributed by atoms with Crippen LogP contribution >= 0.6 is 11.6 Å². The van der Waals surface area contributed by atoms with Gasteiger partial charge in [-0.2, -0.15) is 5.10 Å². The zero-order chi connectivity index (χ0) is 19.5. The highest BCUT2D eigenvalue weighted by atomic mass is 35.5. The van der Waals surface area contributed by atoms with Crippen LogP contribution in [0, 0.1) is 6.92 Å². The van der Waals surface area contributed by atoms with E-state index >= 15 is 0 Å². The first-order chi connectivity index (χ1) is 13.6. The van der Waals surface area contributed by atoms with E-state index in [1.54, 1.807) is 6.20 Å². The van der Waals surface area contributed by atoms with Crippen molar-refractivity contribution in [3.05, 3.63) is 87.6 Å². The summed E-state index contributed by atoms with van der Waals surface area (Å²) in [5.41, 5.74) is 3.29. The number of aromatic nitrogens is 4. The van der Waals surface area contributed by atoms with Crippen molar-refractivity contribution in [2.45, 2.75) is 20.0 Å². The molecular weight excluding hydrogens is 374 g/mol. The van der Waals surface area contributed by atoms with Gasteiger partial charge >= 0.3 is 0 Å². The van der Waals surface area contributed by atoms with Gasteiger partial charge in [0, 0.05) is 13.1 Å². The van der Waals surface area contributed by atoms with Gasteiger partial charge < -0.3 is 9.88 Å². The van der Waals surface area contributed by atoms with Gasteiger partial charge in [-0.1, -0.05) is 54.1 Å². The molecule has 2 aromatic carbocycles. The number of nitrogens with zero attached hydrogens (tertiary/aromatic N) is 4. The molecule has 4 rings (SSSR count). The summed E-state index contributed by atoms with van der Waals surface area (Å²) in [6.45, 7) is 3.68. The van der Waals surface area contributed by atoms with Crippen LogP contribution in [-0.4, -0.2) is 25.9 Å². The molecule has 2 heterocycles. The molecule has 2 aromatic heterocycles. The fourth-order valence-electron chi connectivity index (χ4n) is 3.24. The van der Waals surface area contributed by atoms with Crippen molar-refractivity contribution >= 4 is 28.3 Å². The molecule has 0 saturated carbocycles. The minimum atomic E-state index is -0.306. The predicted octanol–water partition coefficient (Wildman–Crippen LogP) is 3.72. The van der Waals surface area contributed by atoms with E-state index in [-0.39, 0.29) is 10.6 Å². The minimum Gasteiger partial charge on any atom is -0.381 e. The van der Waals surface area contributed by atoms with Crippen LogP contribution < -0.4 is 10.9 Å². The van der Waals surface area contributed by atoms with Gasteiger partial charge in [0.25, 0.3) is 5.56 Å². The molecule has 7 heteroatoms. The summed E-state index contributed by atoms with van der Waals surface area (Å²) < 4.78 is 3.51. The first-order valence-electron chi connectivity index (χ1n) is 9.09. The predicted molar refractivity (Wildman–Crippen MR) is 112 cm³/mol. The molecule has 0 unspecified atom stereocenters. The Morgan fingerprint density at radius 3 is 2.64 bits per heavy atom. The molecule has 0 saturated heterocycles. The van der Waals surface area contributed by atoms with Crippen LogP contribution in [0.2, 0.25) is 5.02 Å². The van der Waals surface area contributed by atoms with E-state index in [2.05, 4.69) is 26.0 Å². The van der Waals surface area contributed by atoms with Crippen LogP contribution in [0.3, 0.4) is 0 Å². The lowest BCUT2D eigenvalue weighted by molar-refractivity contribution is 0.639. The molecule has 28 heavy (non-hydrogen) atoms. The minimum absolute atomic E-state index is 0.151. The highest BCUT2D eigenvalue weighted by molar-refractivity contribution is 6.32. The van der Waals surface area contributed by atoms with Crippen LogP contribution in [0.5, 0.6) is 0 Å². The average molecular weight is 394 g/mol. The number of imidazole rings is 1.